The first-order valence-corrected chi connectivity index (χ1v) is 10.6. The van der Waals surface area contributed by atoms with Crippen molar-refractivity contribution in [2.45, 2.75) is 6.92 Å². The lowest BCUT2D eigenvalue weighted by Crippen LogP contribution is -2.41. The number of hydrogen-bond acceptors (Lipinski definition) is 7. The Bertz CT molecular complexity index is 1070. The maximum Gasteiger partial charge on any atom is 0.263 e. The lowest BCUT2D eigenvalue weighted by molar-refractivity contribution is 0.0383. The molecule has 158 valence electrons. The summed E-state index contributed by atoms with van der Waals surface area (Å²) in [5.74, 6) is 0.307. The van der Waals surface area contributed by atoms with Gasteiger partial charge in [-0.2, -0.15) is 0 Å². The number of nitrogens with one attached hydrogen (secondary N) is 1. The molecule has 4 rings (SSSR count). The van der Waals surface area contributed by atoms with Crippen LogP contribution >= 0.6 is 11.3 Å². The average Bonchev–Trinajstić information content (AvgIpc) is 3.34. The van der Waals surface area contributed by atoms with Crippen LogP contribution in [0.4, 0.5) is 0 Å². The standard InChI is InChI=1S/C21H24N4O4S/c1-14-19(20(27)22-6-7-24-8-10-29-11-9-24)30-21-23-13-17(25(14)21)18(26)15-4-3-5-16(12-15)28-2/h3-5,12-13H,6-11H2,1-2H3,(H,22,27). The molecule has 0 aliphatic carbocycles. The highest BCUT2D eigenvalue weighted by Crippen LogP contribution is 2.26. The van der Waals surface area contributed by atoms with E-state index in [1.807, 2.05) is 6.92 Å². The fourth-order valence-electron chi connectivity index (χ4n) is 3.51. The summed E-state index contributed by atoms with van der Waals surface area (Å²) in [6.07, 6.45) is 1.56. The van der Waals surface area contributed by atoms with Crippen molar-refractivity contribution in [3.8, 4) is 5.75 Å². The minimum absolute atomic E-state index is 0.143. The van der Waals surface area contributed by atoms with Crippen LogP contribution in [0, 0.1) is 6.92 Å². The number of nitrogens with zero attached hydrogens (tertiary/aromatic N) is 3. The second-order valence-electron chi connectivity index (χ2n) is 7.05. The van der Waals surface area contributed by atoms with E-state index in [9.17, 15) is 9.59 Å². The molecule has 0 unspecified atom stereocenters. The zero-order chi connectivity index (χ0) is 21.1. The first kappa shape index (κ1) is 20.5. The molecule has 3 aromatic rings. The molecule has 1 aliphatic heterocycles. The van der Waals surface area contributed by atoms with Crippen molar-refractivity contribution in [2.75, 3.05) is 46.5 Å². The zero-order valence-electron chi connectivity index (χ0n) is 17.0. The minimum atomic E-state index is -0.165. The largest absolute Gasteiger partial charge is 0.497 e. The Morgan fingerprint density at radius 1 is 1.30 bits per heavy atom. The fraction of sp³-hybridized carbons (Fsp3) is 0.381. The molecular formula is C21H24N4O4S. The molecule has 8 nitrogen and oxygen atoms in total. The maximum atomic E-state index is 13.0. The maximum absolute atomic E-state index is 13.0. The molecule has 1 aliphatic rings. The lowest BCUT2D eigenvalue weighted by Gasteiger charge is -2.26. The highest BCUT2D eigenvalue weighted by Gasteiger charge is 2.22. The van der Waals surface area contributed by atoms with Gasteiger partial charge in [0.2, 0.25) is 5.78 Å². The van der Waals surface area contributed by atoms with Gasteiger partial charge in [0.25, 0.3) is 5.91 Å². The quantitative estimate of drug-likeness (QED) is 0.580. The molecule has 0 spiro atoms. The SMILES string of the molecule is COc1cccc(C(=O)c2cnc3sc(C(=O)NCCN4CCOCC4)c(C)n23)c1. The van der Waals surface area contributed by atoms with E-state index in [2.05, 4.69) is 15.2 Å². The molecule has 0 atom stereocenters. The predicted octanol–water partition coefficient (Wildman–Crippen LogP) is 2.01. The van der Waals surface area contributed by atoms with Gasteiger partial charge in [0.15, 0.2) is 4.96 Å². The molecule has 2 aromatic heterocycles. The predicted molar refractivity (Wildman–Crippen MR) is 114 cm³/mol. The van der Waals surface area contributed by atoms with E-state index < -0.39 is 0 Å². The van der Waals surface area contributed by atoms with Crippen molar-refractivity contribution < 1.29 is 19.1 Å². The van der Waals surface area contributed by atoms with E-state index in [1.165, 1.54) is 11.3 Å². The number of carbonyl (C=O) groups excluding carboxylic acids is 2. The number of hydrogen-bond donors (Lipinski definition) is 1. The van der Waals surface area contributed by atoms with Gasteiger partial charge in [-0.3, -0.25) is 18.9 Å². The van der Waals surface area contributed by atoms with Crippen molar-refractivity contribution in [3.05, 3.63) is 52.3 Å². The summed E-state index contributed by atoms with van der Waals surface area (Å²) < 4.78 is 12.3. The van der Waals surface area contributed by atoms with Crippen LogP contribution < -0.4 is 10.1 Å². The zero-order valence-corrected chi connectivity index (χ0v) is 17.8. The number of carbonyl (C=O) groups is 2. The smallest absolute Gasteiger partial charge is 0.263 e. The summed E-state index contributed by atoms with van der Waals surface area (Å²) in [5, 5.41) is 2.98. The number of ether oxygens (including phenoxy) is 2. The number of benzene rings is 1. The lowest BCUT2D eigenvalue weighted by atomic mass is 10.1. The van der Waals surface area contributed by atoms with Gasteiger partial charge >= 0.3 is 0 Å². The summed E-state index contributed by atoms with van der Waals surface area (Å²) in [7, 11) is 1.56. The number of aromatic nitrogens is 2. The number of morpholine rings is 1. The summed E-state index contributed by atoms with van der Waals surface area (Å²) in [6, 6.07) is 7.00. The monoisotopic (exact) mass is 428 g/mol. The third-order valence-electron chi connectivity index (χ3n) is 5.17. The molecule has 9 heteroatoms. The molecule has 1 amide bonds. The Morgan fingerprint density at radius 2 is 2.10 bits per heavy atom. The second kappa shape index (κ2) is 8.95. The number of amides is 1. The molecule has 1 N–H and O–H groups in total. The molecule has 1 fully saturated rings. The third kappa shape index (κ3) is 4.09. The Hall–Kier alpha value is -2.75. The molecule has 1 aromatic carbocycles. The van der Waals surface area contributed by atoms with E-state index in [4.69, 9.17) is 9.47 Å². The van der Waals surface area contributed by atoms with Gasteiger partial charge in [0.05, 0.1) is 26.5 Å². The molecular weight excluding hydrogens is 404 g/mol. The number of ketones is 1. The third-order valence-corrected chi connectivity index (χ3v) is 6.33. The summed E-state index contributed by atoms with van der Waals surface area (Å²) in [6.45, 7) is 6.43. The molecule has 30 heavy (non-hydrogen) atoms. The van der Waals surface area contributed by atoms with Crippen LogP contribution in [0.2, 0.25) is 0 Å². The van der Waals surface area contributed by atoms with Crippen LogP contribution in [0.3, 0.4) is 0 Å². The number of imidazole rings is 1. The van der Waals surface area contributed by atoms with Crippen LogP contribution in [0.15, 0.2) is 30.5 Å². The number of aryl methyl sites for hydroxylation is 1. The highest BCUT2D eigenvalue weighted by molar-refractivity contribution is 7.19. The van der Waals surface area contributed by atoms with E-state index in [1.54, 1.807) is 42.0 Å². The second-order valence-corrected chi connectivity index (χ2v) is 8.03. The molecule has 3 heterocycles. The van der Waals surface area contributed by atoms with Crippen molar-refractivity contribution in [3.63, 3.8) is 0 Å². The molecule has 0 radical (unpaired) electrons. The van der Waals surface area contributed by atoms with E-state index >= 15 is 0 Å². The number of thiazole rings is 1. The molecule has 0 bridgehead atoms. The van der Waals surface area contributed by atoms with E-state index in [0.717, 1.165) is 32.8 Å². The first-order chi connectivity index (χ1) is 14.6. The molecule has 1 saturated heterocycles. The Labute approximate surface area is 178 Å². The van der Waals surface area contributed by atoms with Gasteiger partial charge in [0, 0.05) is 37.4 Å². The number of methoxy groups -OCH3 is 1. The average molecular weight is 429 g/mol. The number of rotatable bonds is 7. The van der Waals surface area contributed by atoms with Gasteiger partial charge < -0.3 is 14.8 Å². The minimum Gasteiger partial charge on any atom is -0.497 e. The number of fused-ring (bicyclic) bond motifs is 1. The van der Waals surface area contributed by atoms with Gasteiger partial charge in [-0.1, -0.05) is 23.5 Å². The van der Waals surface area contributed by atoms with Crippen LogP contribution in [0.1, 0.15) is 31.4 Å². The summed E-state index contributed by atoms with van der Waals surface area (Å²) in [4.78, 5) is 33.6. The van der Waals surface area contributed by atoms with Crippen molar-refractivity contribution in [1.82, 2.24) is 19.6 Å². The van der Waals surface area contributed by atoms with Gasteiger partial charge in [-0.15, -0.1) is 0 Å². The normalized spacial score (nSPS) is 14.7. The molecule has 0 saturated carbocycles. The Balaban J connectivity index is 1.51. The Morgan fingerprint density at radius 3 is 2.87 bits per heavy atom. The van der Waals surface area contributed by atoms with Crippen molar-refractivity contribution in [1.29, 1.82) is 0 Å². The summed E-state index contributed by atoms with van der Waals surface area (Å²) >= 11 is 1.29. The van der Waals surface area contributed by atoms with E-state index in [-0.39, 0.29) is 11.7 Å². The van der Waals surface area contributed by atoms with Crippen LogP contribution in [-0.2, 0) is 4.74 Å². The van der Waals surface area contributed by atoms with Crippen molar-refractivity contribution >= 4 is 28.0 Å². The summed E-state index contributed by atoms with van der Waals surface area (Å²) in [5.41, 5.74) is 1.65. The van der Waals surface area contributed by atoms with Crippen LogP contribution in [0.25, 0.3) is 4.96 Å². The fourth-order valence-corrected chi connectivity index (χ4v) is 4.53. The van der Waals surface area contributed by atoms with Gasteiger partial charge in [-0.05, 0) is 19.1 Å². The highest BCUT2D eigenvalue weighted by atomic mass is 32.1. The van der Waals surface area contributed by atoms with Crippen LogP contribution in [0.5, 0.6) is 5.75 Å². The van der Waals surface area contributed by atoms with Crippen molar-refractivity contribution in [2.24, 2.45) is 0 Å². The first-order valence-electron chi connectivity index (χ1n) is 9.82. The topological polar surface area (TPSA) is 85.2 Å². The van der Waals surface area contributed by atoms with E-state index in [0.29, 0.717) is 39.1 Å². The van der Waals surface area contributed by atoms with Gasteiger partial charge in [0.1, 0.15) is 16.3 Å². The Kier molecular flexibility index (Phi) is 6.12. The van der Waals surface area contributed by atoms with Crippen LogP contribution in [-0.4, -0.2) is 72.5 Å². The van der Waals surface area contributed by atoms with Gasteiger partial charge in [-0.25, -0.2) is 4.98 Å².